The number of nitrogens with one attached hydrogen (secondary N) is 1. The number of hydrogen-bond acceptors (Lipinski definition) is 2. The van der Waals surface area contributed by atoms with Gasteiger partial charge in [0, 0.05) is 6.04 Å². The van der Waals surface area contributed by atoms with Crippen molar-refractivity contribution in [1.29, 1.82) is 0 Å². The van der Waals surface area contributed by atoms with Crippen molar-refractivity contribution >= 4 is 17.2 Å². The Kier molecular flexibility index (Phi) is 2.36. The second-order valence-electron chi connectivity index (χ2n) is 3.56. The van der Waals surface area contributed by atoms with Crippen LogP contribution in [0.15, 0.2) is 16.8 Å². The molecule has 1 atom stereocenters. The maximum atomic E-state index is 11.6. The first-order chi connectivity index (χ1) is 6.27. The molecule has 1 heterocycles. The Morgan fingerprint density at radius 1 is 1.69 bits per heavy atom. The molecule has 2 rings (SSSR count). The smallest absolute Gasteiger partial charge is 0.227 e. The average Bonchev–Trinajstić information content (AvgIpc) is 2.78. The van der Waals surface area contributed by atoms with Gasteiger partial charge in [0.2, 0.25) is 5.91 Å². The van der Waals surface area contributed by atoms with Gasteiger partial charge in [-0.25, -0.2) is 0 Å². The minimum atomic E-state index is 0.00634. The van der Waals surface area contributed by atoms with Gasteiger partial charge in [-0.2, -0.15) is 11.3 Å². The monoisotopic (exact) mass is 195 g/mol. The lowest BCUT2D eigenvalue weighted by molar-refractivity contribution is -0.122. The molecule has 3 heteroatoms. The van der Waals surface area contributed by atoms with E-state index in [0.29, 0.717) is 6.04 Å². The third-order valence-electron chi connectivity index (χ3n) is 2.36. The summed E-state index contributed by atoms with van der Waals surface area (Å²) < 4.78 is 0. The molecular formula is C10H13NOS. The number of carbonyl (C=O) groups excluding carboxylic acids is 1. The Labute approximate surface area is 82.0 Å². The fourth-order valence-electron chi connectivity index (χ4n) is 1.23. The molecule has 1 unspecified atom stereocenters. The van der Waals surface area contributed by atoms with E-state index in [-0.39, 0.29) is 11.8 Å². The van der Waals surface area contributed by atoms with E-state index in [1.165, 1.54) is 0 Å². The van der Waals surface area contributed by atoms with Crippen LogP contribution in [-0.4, -0.2) is 11.9 Å². The Morgan fingerprint density at radius 2 is 2.46 bits per heavy atom. The summed E-state index contributed by atoms with van der Waals surface area (Å²) in [5.74, 6) is 0.174. The first kappa shape index (κ1) is 8.75. The van der Waals surface area contributed by atoms with Crippen molar-refractivity contribution in [1.82, 2.24) is 5.32 Å². The molecule has 1 amide bonds. The summed E-state index contributed by atoms with van der Waals surface area (Å²) in [6.07, 6.45) is 2.31. The maximum absolute atomic E-state index is 11.6. The van der Waals surface area contributed by atoms with Crippen LogP contribution in [0.1, 0.15) is 31.2 Å². The molecule has 0 radical (unpaired) electrons. The predicted molar refractivity (Wildman–Crippen MR) is 53.9 cm³/mol. The van der Waals surface area contributed by atoms with E-state index in [9.17, 15) is 4.79 Å². The molecule has 1 N–H and O–H groups in total. The summed E-state index contributed by atoms with van der Waals surface area (Å²) >= 11 is 1.64. The zero-order valence-corrected chi connectivity index (χ0v) is 8.43. The van der Waals surface area contributed by atoms with E-state index in [1.807, 2.05) is 23.8 Å². The van der Waals surface area contributed by atoms with Crippen molar-refractivity contribution in [2.45, 2.75) is 31.7 Å². The summed E-state index contributed by atoms with van der Waals surface area (Å²) in [7, 11) is 0. The number of rotatable bonds is 3. The highest BCUT2D eigenvalue weighted by atomic mass is 32.1. The van der Waals surface area contributed by atoms with Gasteiger partial charge >= 0.3 is 0 Å². The molecular weight excluding hydrogens is 182 g/mol. The minimum absolute atomic E-state index is 0.00634. The maximum Gasteiger partial charge on any atom is 0.227 e. The predicted octanol–water partition coefficient (Wildman–Crippen LogP) is 2.13. The fourth-order valence-corrected chi connectivity index (χ4v) is 1.98. The highest BCUT2D eigenvalue weighted by Crippen LogP contribution is 2.22. The molecule has 0 saturated heterocycles. The number of thiophene rings is 1. The zero-order valence-electron chi connectivity index (χ0n) is 7.62. The summed E-state index contributed by atoms with van der Waals surface area (Å²) in [6, 6.07) is 2.48. The van der Waals surface area contributed by atoms with Gasteiger partial charge in [0.25, 0.3) is 0 Å². The third kappa shape index (κ3) is 2.10. The molecule has 1 aromatic rings. The Hall–Kier alpha value is -0.830. The Balaban J connectivity index is 1.95. The Bertz CT molecular complexity index is 290. The Morgan fingerprint density at radius 3 is 3.00 bits per heavy atom. The van der Waals surface area contributed by atoms with Gasteiger partial charge in [-0.15, -0.1) is 0 Å². The van der Waals surface area contributed by atoms with Crippen LogP contribution in [0.2, 0.25) is 0 Å². The normalized spacial score (nSPS) is 18.2. The highest BCUT2D eigenvalue weighted by molar-refractivity contribution is 7.08. The van der Waals surface area contributed by atoms with Crippen LogP contribution in [0, 0.1) is 0 Å². The van der Waals surface area contributed by atoms with Gasteiger partial charge in [0.1, 0.15) is 0 Å². The minimum Gasteiger partial charge on any atom is -0.353 e. The van der Waals surface area contributed by atoms with Gasteiger partial charge in [-0.3, -0.25) is 4.79 Å². The van der Waals surface area contributed by atoms with Gasteiger partial charge < -0.3 is 5.32 Å². The second kappa shape index (κ2) is 3.50. The van der Waals surface area contributed by atoms with Crippen molar-refractivity contribution in [3.05, 3.63) is 22.4 Å². The van der Waals surface area contributed by atoms with Crippen molar-refractivity contribution < 1.29 is 4.79 Å². The van der Waals surface area contributed by atoms with E-state index in [4.69, 9.17) is 0 Å². The van der Waals surface area contributed by atoms with Crippen molar-refractivity contribution in [3.63, 3.8) is 0 Å². The molecule has 1 fully saturated rings. The van der Waals surface area contributed by atoms with Crippen LogP contribution in [0.25, 0.3) is 0 Å². The highest BCUT2D eigenvalue weighted by Gasteiger charge is 2.26. The quantitative estimate of drug-likeness (QED) is 0.786. The van der Waals surface area contributed by atoms with Crippen LogP contribution in [0.3, 0.4) is 0 Å². The van der Waals surface area contributed by atoms with Gasteiger partial charge in [-0.05, 0) is 42.2 Å². The van der Waals surface area contributed by atoms with Crippen LogP contribution in [-0.2, 0) is 4.79 Å². The van der Waals surface area contributed by atoms with Crippen molar-refractivity contribution in [3.8, 4) is 0 Å². The largest absolute Gasteiger partial charge is 0.353 e. The summed E-state index contributed by atoms with van der Waals surface area (Å²) in [6.45, 7) is 1.96. The molecule has 0 aliphatic heterocycles. The lowest BCUT2D eigenvalue weighted by atomic mass is 10.0. The van der Waals surface area contributed by atoms with Crippen LogP contribution in [0.4, 0.5) is 0 Å². The van der Waals surface area contributed by atoms with Crippen molar-refractivity contribution in [2.24, 2.45) is 0 Å². The third-order valence-corrected chi connectivity index (χ3v) is 3.06. The molecule has 0 bridgehead atoms. The summed E-state index contributed by atoms with van der Waals surface area (Å²) in [4.78, 5) is 11.6. The SMILES string of the molecule is CC(C(=O)NC1CC1)c1ccsc1. The van der Waals surface area contributed by atoms with E-state index in [1.54, 1.807) is 11.3 Å². The fraction of sp³-hybridized carbons (Fsp3) is 0.500. The second-order valence-corrected chi connectivity index (χ2v) is 4.34. The molecule has 2 nitrogen and oxygen atoms in total. The molecule has 1 aliphatic rings. The lowest BCUT2D eigenvalue weighted by Crippen LogP contribution is -2.29. The van der Waals surface area contributed by atoms with E-state index in [0.717, 1.165) is 18.4 Å². The first-order valence-electron chi connectivity index (χ1n) is 4.60. The molecule has 1 saturated carbocycles. The molecule has 70 valence electrons. The van der Waals surface area contributed by atoms with E-state index >= 15 is 0 Å². The zero-order chi connectivity index (χ0) is 9.26. The van der Waals surface area contributed by atoms with Gasteiger partial charge in [0.05, 0.1) is 5.92 Å². The van der Waals surface area contributed by atoms with Crippen LogP contribution < -0.4 is 5.32 Å². The lowest BCUT2D eigenvalue weighted by Gasteiger charge is -2.09. The molecule has 0 aromatic carbocycles. The summed E-state index contributed by atoms with van der Waals surface area (Å²) in [5.41, 5.74) is 1.13. The van der Waals surface area contributed by atoms with E-state index < -0.39 is 0 Å². The van der Waals surface area contributed by atoms with Crippen molar-refractivity contribution in [2.75, 3.05) is 0 Å². The molecule has 1 aromatic heterocycles. The van der Waals surface area contributed by atoms with Crippen LogP contribution >= 0.6 is 11.3 Å². The number of carbonyl (C=O) groups is 1. The van der Waals surface area contributed by atoms with Gasteiger partial charge in [-0.1, -0.05) is 0 Å². The topological polar surface area (TPSA) is 29.1 Å². The number of amides is 1. The first-order valence-corrected chi connectivity index (χ1v) is 5.54. The molecule has 0 spiro atoms. The van der Waals surface area contributed by atoms with Crippen LogP contribution in [0.5, 0.6) is 0 Å². The molecule has 13 heavy (non-hydrogen) atoms. The summed E-state index contributed by atoms with van der Waals surface area (Å²) in [5, 5.41) is 7.06. The van der Waals surface area contributed by atoms with E-state index in [2.05, 4.69) is 5.32 Å². The average molecular weight is 195 g/mol. The molecule has 1 aliphatic carbocycles. The number of hydrogen-bond donors (Lipinski definition) is 1. The van der Waals surface area contributed by atoms with Gasteiger partial charge in [0.15, 0.2) is 0 Å². The standard InChI is InChI=1S/C10H13NOS/c1-7(8-4-5-13-6-8)10(12)11-9-2-3-9/h4-7,9H,2-3H2,1H3,(H,11,12).